The normalized spacial score (nSPS) is 10.3. The minimum absolute atomic E-state index is 0.176. The number of anilines is 1. The average molecular weight is 264 g/mol. The van der Waals surface area contributed by atoms with Gasteiger partial charge in [-0.05, 0) is 43.0 Å². The van der Waals surface area contributed by atoms with Gasteiger partial charge in [0.2, 0.25) is 0 Å². The number of benzene rings is 1. The summed E-state index contributed by atoms with van der Waals surface area (Å²) in [6.07, 6.45) is 1.29. The van der Waals surface area contributed by atoms with E-state index in [2.05, 4.69) is 4.98 Å². The molecule has 0 unspecified atom stereocenters. The average Bonchev–Trinajstić information content (AvgIpc) is 2.81. The Hall–Kier alpha value is -1.95. The van der Waals surface area contributed by atoms with Crippen LogP contribution in [0.5, 0.6) is 0 Å². The van der Waals surface area contributed by atoms with Crippen LogP contribution in [0, 0.1) is 0 Å². The maximum Gasteiger partial charge on any atom is 0.360 e. The van der Waals surface area contributed by atoms with Gasteiger partial charge < -0.3 is 14.9 Å². The molecule has 0 amide bonds. The molecule has 18 heavy (non-hydrogen) atoms. The molecule has 1 aromatic heterocycles. The van der Waals surface area contributed by atoms with Crippen molar-refractivity contribution in [3.8, 4) is 0 Å². The van der Waals surface area contributed by atoms with Crippen molar-refractivity contribution in [3.63, 3.8) is 0 Å². The smallest absolute Gasteiger partial charge is 0.360 e. The predicted molar refractivity (Wildman–Crippen MR) is 67.4 cm³/mol. The molecule has 0 saturated heterocycles. The number of aromatic nitrogens is 1. The number of hydrogen-bond acceptors (Lipinski definition) is 6. The van der Waals surface area contributed by atoms with Crippen LogP contribution in [0.3, 0.4) is 0 Å². The summed E-state index contributed by atoms with van der Waals surface area (Å²) in [7, 11) is 0. The highest BCUT2D eigenvalue weighted by atomic mass is 32.2. The third kappa shape index (κ3) is 3.04. The summed E-state index contributed by atoms with van der Waals surface area (Å²) in [4.78, 5) is 16.4. The lowest BCUT2D eigenvalue weighted by atomic mass is 10.3. The highest BCUT2D eigenvalue weighted by Gasteiger charge is 2.13. The highest BCUT2D eigenvalue weighted by Crippen LogP contribution is 2.27. The molecule has 0 aliphatic heterocycles. The van der Waals surface area contributed by atoms with Gasteiger partial charge in [0.25, 0.3) is 5.22 Å². The molecule has 2 rings (SSSR count). The summed E-state index contributed by atoms with van der Waals surface area (Å²) in [5.41, 5.74) is 6.46. The molecular formula is C12H12N2O3S. The molecule has 0 fully saturated rings. The SMILES string of the molecule is CCOC(=O)c1coc(Sc2ccc(N)cc2)n1. The Morgan fingerprint density at radius 1 is 1.44 bits per heavy atom. The molecule has 0 aliphatic rings. The molecule has 0 saturated carbocycles. The Morgan fingerprint density at radius 2 is 2.17 bits per heavy atom. The quantitative estimate of drug-likeness (QED) is 0.675. The Kier molecular flexibility index (Phi) is 3.88. The molecule has 1 aromatic carbocycles. The van der Waals surface area contributed by atoms with Gasteiger partial charge in [-0.25, -0.2) is 4.79 Å². The number of nitrogen functional groups attached to an aromatic ring is 1. The van der Waals surface area contributed by atoms with E-state index in [9.17, 15) is 4.79 Å². The second kappa shape index (κ2) is 5.59. The van der Waals surface area contributed by atoms with Crippen molar-refractivity contribution >= 4 is 23.4 Å². The highest BCUT2D eigenvalue weighted by molar-refractivity contribution is 7.99. The van der Waals surface area contributed by atoms with Crippen LogP contribution in [0.15, 0.2) is 45.1 Å². The van der Waals surface area contributed by atoms with Crippen molar-refractivity contribution in [1.29, 1.82) is 0 Å². The molecule has 6 heteroatoms. The van der Waals surface area contributed by atoms with Crippen LogP contribution < -0.4 is 5.73 Å². The molecule has 94 valence electrons. The van der Waals surface area contributed by atoms with Crippen LogP contribution in [0.4, 0.5) is 5.69 Å². The van der Waals surface area contributed by atoms with Crippen molar-refractivity contribution in [1.82, 2.24) is 4.98 Å². The first-order chi connectivity index (χ1) is 8.69. The van der Waals surface area contributed by atoms with Crippen LogP contribution >= 0.6 is 11.8 Å². The van der Waals surface area contributed by atoms with Gasteiger partial charge >= 0.3 is 5.97 Å². The van der Waals surface area contributed by atoms with E-state index in [0.717, 1.165) is 4.90 Å². The molecular weight excluding hydrogens is 252 g/mol. The van der Waals surface area contributed by atoms with Crippen molar-refractivity contribution in [3.05, 3.63) is 36.2 Å². The minimum atomic E-state index is -0.481. The van der Waals surface area contributed by atoms with Crippen molar-refractivity contribution in [2.75, 3.05) is 12.3 Å². The fourth-order valence-corrected chi connectivity index (χ4v) is 1.95. The van der Waals surface area contributed by atoms with Gasteiger partial charge in [0, 0.05) is 10.6 Å². The molecule has 5 nitrogen and oxygen atoms in total. The van der Waals surface area contributed by atoms with Crippen molar-refractivity contribution < 1.29 is 13.9 Å². The molecule has 0 bridgehead atoms. The summed E-state index contributed by atoms with van der Waals surface area (Å²) in [6, 6.07) is 7.29. The van der Waals surface area contributed by atoms with Gasteiger partial charge in [0.1, 0.15) is 6.26 Å². The monoisotopic (exact) mass is 264 g/mol. The standard InChI is InChI=1S/C12H12N2O3S/c1-2-16-11(15)10-7-17-12(14-10)18-9-5-3-8(13)4-6-9/h3-7H,2,13H2,1H3. The van der Waals surface area contributed by atoms with E-state index in [1.165, 1.54) is 18.0 Å². The maximum atomic E-state index is 11.4. The zero-order chi connectivity index (χ0) is 13.0. The van der Waals surface area contributed by atoms with Gasteiger partial charge in [0.05, 0.1) is 6.61 Å². The number of hydrogen-bond donors (Lipinski definition) is 1. The minimum Gasteiger partial charge on any atom is -0.461 e. The third-order valence-electron chi connectivity index (χ3n) is 2.05. The lowest BCUT2D eigenvalue weighted by Crippen LogP contribution is -2.04. The Balaban J connectivity index is 2.06. The third-order valence-corrected chi connectivity index (χ3v) is 2.92. The van der Waals surface area contributed by atoms with Crippen LogP contribution in [0.1, 0.15) is 17.4 Å². The number of esters is 1. The van der Waals surface area contributed by atoms with Gasteiger partial charge in [-0.3, -0.25) is 0 Å². The maximum absolute atomic E-state index is 11.4. The van der Waals surface area contributed by atoms with Gasteiger partial charge in [-0.15, -0.1) is 0 Å². The van der Waals surface area contributed by atoms with Crippen LogP contribution in [0.2, 0.25) is 0 Å². The topological polar surface area (TPSA) is 78.3 Å². The Morgan fingerprint density at radius 3 is 2.83 bits per heavy atom. The first kappa shape index (κ1) is 12.5. The number of rotatable bonds is 4. The molecule has 1 heterocycles. The van der Waals surface area contributed by atoms with Crippen molar-refractivity contribution in [2.45, 2.75) is 17.0 Å². The summed E-state index contributed by atoms with van der Waals surface area (Å²) in [6.45, 7) is 2.05. The number of ether oxygens (including phenoxy) is 1. The predicted octanol–water partition coefficient (Wildman–Crippen LogP) is 2.58. The summed E-state index contributed by atoms with van der Waals surface area (Å²) in [5.74, 6) is -0.481. The fraction of sp³-hybridized carbons (Fsp3) is 0.167. The van der Waals surface area contributed by atoms with E-state index in [1.54, 1.807) is 19.1 Å². The van der Waals surface area contributed by atoms with E-state index in [-0.39, 0.29) is 5.69 Å². The van der Waals surface area contributed by atoms with Crippen molar-refractivity contribution in [2.24, 2.45) is 0 Å². The van der Waals surface area contributed by atoms with Gasteiger partial charge in [0.15, 0.2) is 5.69 Å². The van der Waals surface area contributed by atoms with Gasteiger partial charge in [-0.1, -0.05) is 0 Å². The number of nitrogens with zero attached hydrogens (tertiary/aromatic N) is 1. The van der Waals surface area contributed by atoms with E-state index in [0.29, 0.717) is 17.5 Å². The lowest BCUT2D eigenvalue weighted by Gasteiger charge is -1.97. The molecule has 2 N–H and O–H groups in total. The molecule has 0 radical (unpaired) electrons. The second-order valence-corrected chi connectivity index (χ2v) is 4.41. The molecule has 0 aliphatic carbocycles. The molecule has 0 spiro atoms. The zero-order valence-corrected chi connectivity index (χ0v) is 10.6. The Bertz CT molecular complexity index is 537. The second-order valence-electron chi connectivity index (χ2n) is 3.39. The Labute approximate surface area is 108 Å². The summed E-state index contributed by atoms with van der Waals surface area (Å²) >= 11 is 1.31. The largest absolute Gasteiger partial charge is 0.461 e. The zero-order valence-electron chi connectivity index (χ0n) is 9.75. The van der Waals surface area contributed by atoms with E-state index < -0.39 is 5.97 Å². The molecule has 2 aromatic rings. The van der Waals surface area contributed by atoms with E-state index >= 15 is 0 Å². The van der Waals surface area contributed by atoms with Crippen LogP contribution in [0.25, 0.3) is 0 Å². The number of carbonyl (C=O) groups is 1. The molecule has 0 atom stereocenters. The van der Waals surface area contributed by atoms with Gasteiger partial charge in [-0.2, -0.15) is 4.98 Å². The number of carbonyl (C=O) groups excluding carboxylic acids is 1. The van der Waals surface area contributed by atoms with E-state index in [1.807, 2.05) is 12.1 Å². The van der Waals surface area contributed by atoms with Crippen LogP contribution in [-0.4, -0.2) is 17.6 Å². The lowest BCUT2D eigenvalue weighted by molar-refractivity contribution is 0.0519. The number of oxazole rings is 1. The number of nitrogens with two attached hydrogens (primary N) is 1. The summed E-state index contributed by atoms with van der Waals surface area (Å²) < 4.78 is 10.0. The van der Waals surface area contributed by atoms with Crippen LogP contribution in [-0.2, 0) is 4.74 Å². The van der Waals surface area contributed by atoms with E-state index in [4.69, 9.17) is 14.9 Å². The summed E-state index contributed by atoms with van der Waals surface area (Å²) in [5, 5.41) is 0.392. The first-order valence-electron chi connectivity index (χ1n) is 5.35. The fourth-order valence-electron chi connectivity index (χ4n) is 1.24. The first-order valence-corrected chi connectivity index (χ1v) is 6.16.